The lowest BCUT2D eigenvalue weighted by Crippen LogP contribution is -2.00. The van der Waals surface area contributed by atoms with Gasteiger partial charge >= 0.3 is 0 Å². The molecule has 10 aromatic rings. The molecule has 0 bridgehead atoms. The Morgan fingerprint density at radius 2 is 1.04 bits per heavy atom. The molecule has 3 heteroatoms. The van der Waals surface area contributed by atoms with E-state index in [0.29, 0.717) is 0 Å². The summed E-state index contributed by atoms with van der Waals surface area (Å²) in [5.41, 5.74) is 9.64. The van der Waals surface area contributed by atoms with Crippen molar-refractivity contribution in [1.82, 2.24) is 9.13 Å². The van der Waals surface area contributed by atoms with E-state index in [0.717, 1.165) is 5.69 Å². The number of fused-ring (bicyclic) bond motifs is 10. The Bertz CT molecular complexity index is 2710. The normalized spacial score (nSPS) is 11.6. The van der Waals surface area contributed by atoms with Gasteiger partial charge in [-0.15, -0.1) is 11.3 Å². The third-order valence-corrected chi connectivity index (χ3v) is 10.5. The molecule has 0 saturated carbocycles. The van der Waals surface area contributed by atoms with Gasteiger partial charge in [0.2, 0.25) is 0 Å². The first-order valence-corrected chi connectivity index (χ1v) is 17.2. The van der Waals surface area contributed by atoms with Crippen LogP contribution in [-0.4, -0.2) is 9.13 Å². The molecular weight excluding hydrogens is 589 g/mol. The molecule has 0 fully saturated rings. The average Bonchev–Trinajstić information content (AvgIpc) is 3.81. The zero-order valence-corrected chi connectivity index (χ0v) is 27.1. The van der Waals surface area contributed by atoms with Crippen LogP contribution in [0.15, 0.2) is 158 Å². The van der Waals surface area contributed by atoms with Crippen LogP contribution < -0.4 is 0 Å². The van der Waals surface area contributed by atoms with Crippen LogP contribution in [-0.2, 0) is 0 Å². The van der Waals surface area contributed by atoms with E-state index in [1.54, 1.807) is 0 Å². The van der Waals surface area contributed by atoms with Gasteiger partial charge in [-0.2, -0.15) is 0 Å². The molecule has 224 valence electrons. The number of hydrogen-bond donors (Lipinski definition) is 0. The van der Waals surface area contributed by atoms with Crippen LogP contribution in [0.3, 0.4) is 0 Å². The Hall–Kier alpha value is -5.64. The van der Waals surface area contributed by atoms with E-state index in [1.165, 1.54) is 80.6 Å². The first-order chi connectivity index (χ1) is 23.3. The molecule has 0 aliphatic carbocycles. The lowest BCUT2D eigenvalue weighted by atomic mass is 10.1. The van der Waals surface area contributed by atoms with Gasteiger partial charge in [-0.25, -0.2) is 0 Å². The minimum atomic E-state index is 1.16. The summed E-state index contributed by atoms with van der Waals surface area (Å²) in [4.78, 5) is 0. The fraction of sp³-hybridized carbons (Fsp3) is 0.0455. The summed E-state index contributed by atoms with van der Waals surface area (Å²) >= 11 is 1.90. The van der Waals surface area contributed by atoms with Gasteiger partial charge in [-0.05, 0) is 53.6 Å². The van der Waals surface area contributed by atoms with E-state index in [-0.39, 0.29) is 0 Å². The van der Waals surface area contributed by atoms with Crippen molar-refractivity contribution in [2.45, 2.75) is 13.8 Å². The summed E-state index contributed by atoms with van der Waals surface area (Å²) in [7, 11) is 0. The topological polar surface area (TPSA) is 9.86 Å². The first-order valence-electron chi connectivity index (χ1n) is 16.4. The van der Waals surface area contributed by atoms with Crippen molar-refractivity contribution < 1.29 is 0 Å². The molecule has 0 spiro atoms. The minimum Gasteiger partial charge on any atom is -0.307 e. The second kappa shape index (κ2) is 11.0. The number of rotatable bonds is 3. The van der Waals surface area contributed by atoms with Crippen molar-refractivity contribution in [2.24, 2.45) is 0 Å². The smallest absolute Gasteiger partial charge is 0.0782 e. The van der Waals surface area contributed by atoms with Crippen LogP contribution in [0.25, 0.3) is 86.3 Å². The van der Waals surface area contributed by atoms with Crippen molar-refractivity contribution in [3.63, 3.8) is 0 Å². The molecule has 0 N–H and O–H groups in total. The van der Waals surface area contributed by atoms with Crippen molar-refractivity contribution in [1.29, 1.82) is 0 Å². The largest absolute Gasteiger partial charge is 0.307 e. The number of benzene rings is 7. The van der Waals surface area contributed by atoms with E-state index >= 15 is 0 Å². The minimum absolute atomic E-state index is 1.16. The molecule has 0 unspecified atom stereocenters. The Labute approximate surface area is 277 Å². The lowest BCUT2D eigenvalue weighted by molar-refractivity contribution is 1.13. The second-order valence-electron chi connectivity index (χ2n) is 11.7. The highest BCUT2D eigenvalue weighted by atomic mass is 32.1. The molecule has 0 saturated heterocycles. The Kier molecular flexibility index (Phi) is 6.48. The number of aromatic nitrogens is 2. The maximum Gasteiger partial charge on any atom is 0.0782 e. The molecule has 2 nitrogen and oxygen atoms in total. The summed E-state index contributed by atoms with van der Waals surface area (Å²) < 4.78 is 7.63. The van der Waals surface area contributed by atoms with Gasteiger partial charge in [0.15, 0.2) is 0 Å². The van der Waals surface area contributed by atoms with Crippen LogP contribution in [0.2, 0.25) is 0 Å². The third-order valence-electron chi connectivity index (χ3n) is 9.31. The van der Waals surface area contributed by atoms with Crippen LogP contribution in [0.4, 0.5) is 0 Å². The standard InChI is InChI=1S/C42H26N2S.C2H6/c1-2-12-27(13-3-1)28-14-10-15-29(26-28)43-37-25-24-33-32-18-6-9-23-39(32)45-42(33)40(37)34-19-11-22-38(41(34)43)44-35-20-7-4-16-30(35)31-17-5-8-21-36(31)44;1-2/h1-26H;1-2H3. The molecule has 3 aromatic heterocycles. The predicted octanol–water partition coefficient (Wildman–Crippen LogP) is 12.9. The monoisotopic (exact) mass is 620 g/mol. The summed E-state index contributed by atoms with van der Waals surface area (Å²) in [6, 6.07) is 57.6. The van der Waals surface area contributed by atoms with E-state index in [4.69, 9.17) is 0 Å². The van der Waals surface area contributed by atoms with E-state index in [9.17, 15) is 0 Å². The highest BCUT2D eigenvalue weighted by Crippen LogP contribution is 2.45. The molecule has 10 rings (SSSR count). The number of thiophene rings is 1. The van der Waals surface area contributed by atoms with Gasteiger partial charge in [-0.3, -0.25) is 0 Å². The molecule has 0 aliphatic rings. The van der Waals surface area contributed by atoms with Gasteiger partial charge < -0.3 is 9.13 Å². The predicted molar refractivity (Wildman–Crippen MR) is 205 cm³/mol. The van der Waals surface area contributed by atoms with Crippen molar-refractivity contribution in [3.8, 4) is 22.5 Å². The molecule has 0 atom stereocenters. The molecular formula is C44H32N2S. The summed E-state index contributed by atoms with van der Waals surface area (Å²) in [5, 5.41) is 7.77. The highest BCUT2D eigenvalue weighted by Gasteiger charge is 2.22. The Balaban J connectivity index is 0.00000149. The van der Waals surface area contributed by atoms with Crippen molar-refractivity contribution in [2.75, 3.05) is 0 Å². The van der Waals surface area contributed by atoms with Gasteiger partial charge in [-0.1, -0.05) is 129 Å². The number of nitrogens with zero attached hydrogens (tertiary/aromatic N) is 2. The Morgan fingerprint density at radius 3 is 1.81 bits per heavy atom. The molecule has 0 amide bonds. The summed E-state index contributed by atoms with van der Waals surface area (Å²) in [6.45, 7) is 4.00. The Morgan fingerprint density at radius 1 is 0.426 bits per heavy atom. The van der Waals surface area contributed by atoms with Crippen molar-refractivity contribution in [3.05, 3.63) is 158 Å². The fourth-order valence-corrected chi connectivity index (χ4v) is 8.66. The van der Waals surface area contributed by atoms with Gasteiger partial charge in [0.05, 0.1) is 27.8 Å². The summed E-state index contributed by atoms with van der Waals surface area (Å²) in [6.07, 6.45) is 0. The zero-order valence-electron chi connectivity index (χ0n) is 26.3. The van der Waals surface area contributed by atoms with E-state index < -0.39 is 0 Å². The second-order valence-corrected chi connectivity index (χ2v) is 12.8. The zero-order chi connectivity index (χ0) is 31.5. The van der Waals surface area contributed by atoms with Crippen LogP contribution in [0.1, 0.15) is 13.8 Å². The van der Waals surface area contributed by atoms with E-state index in [2.05, 4.69) is 167 Å². The van der Waals surface area contributed by atoms with Gasteiger partial charge in [0.25, 0.3) is 0 Å². The molecule has 7 aromatic carbocycles. The molecule has 0 aliphatic heterocycles. The fourth-order valence-electron chi connectivity index (χ4n) is 7.40. The lowest BCUT2D eigenvalue weighted by Gasteiger charge is -2.15. The van der Waals surface area contributed by atoms with Gasteiger partial charge in [0.1, 0.15) is 0 Å². The maximum atomic E-state index is 2.50. The van der Waals surface area contributed by atoms with Crippen molar-refractivity contribution >= 4 is 75.1 Å². The first kappa shape index (κ1) is 27.7. The van der Waals surface area contributed by atoms with Crippen LogP contribution >= 0.6 is 11.3 Å². The van der Waals surface area contributed by atoms with Gasteiger partial charge in [0, 0.05) is 47.4 Å². The molecule has 0 radical (unpaired) electrons. The van der Waals surface area contributed by atoms with E-state index in [1.807, 2.05) is 25.2 Å². The third kappa shape index (κ3) is 4.10. The summed E-state index contributed by atoms with van der Waals surface area (Å²) in [5.74, 6) is 0. The maximum absolute atomic E-state index is 2.50. The molecule has 47 heavy (non-hydrogen) atoms. The SMILES string of the molecule is CC.c1ccc(-c2cccc(-n3c4ccc5c6ccccc6sc5c4c4cccc(-n5c6ccccc6c6ccccc65)c43)c2)cc1. The number of para-hydroxylation sites is 3. The quantitative estimate of drug-likeness (QED) is 0.186. The number of hydrogen-bond acceptors (Lipinski definition) is 1. The van der Waals surface area contributed by atoms with Crippen LogP contribution in [0, 0.1) is 0 Å². The molecule has 3 heterocycles. The highest BCUT2D eigenvalue weighted by molar-refractivity contribution is 7.26. The average molecular weight is 621 g/mol. The van der Waals surface area contributed by atoms with Crippen LogP contribution in [0.5, 0.6) is 0 Å².